The van der Waals surface area contributed by atoms with Crippen molar-refractivity contribution in [3.63, 3.8) is 0 Å². The van der Waals surface area contributed by atoms with E-state index in [2.05, 4.69) is 20.7 Å². The van der Waals surface area contributed by atoms with Gasteiger partial charge in [-0.15, -0.1) is 0 Å². The quantitative estimate of drug-likeness (QED) is 0.573. The maximum absolute atomic E-state index is 13.6. The van der Waals surface area contributed by atoms with Crippen molar-refractivity contribution in [2.45, 2.75) is 6.61 Å². The second-order valence-electron chi connectivity index (χ2n) is 3.88. The van der Waals surface area contributed by atoms with Crippen LogP contribution >= 0.6 is 0 Å². The fourth-order valence-electron chi connectivity index (χ4n) is 1.56. The summed E-state index contributed by atoms with van der Waals surface area (Å²) >= 11 is 0. The molecule has 0 aliphatic rings. The molecule has 0 saturated heterocycles. The first-order valence-corrected chi connectivity index (χ1v) is 5.68. The minimum atomic E-state index is -0.723. The standard InChI is InChI=1S/C12H13F2N5O/c1-20-6-12-17-10(5-11(18-12)19-15)16-9-3-2-7(13)4-8(9)14/h2-5H,6,15H2,1H3,(H2,16,17,18,19). The van der Waals surface area contributed by atoms with Gasteiger partial charge in [-0.05, 0) is 12.1 Å². The molecule has 0 fully saturated rings. The number of anilines is 3. The van der Waals surface area contributed by atoms with E-state index in [0.29, 0.717) is 17.5 Å². The maximum Gasteiger partial charge on any atom is 0.158 e. The monoisotopic (exact) mass is 281 g/mol. The van der Waals surface area contributed by atoms with Gasteiger partial charge in [-0.2, -0.15) is 0 Å². The lowest BCUT2D eigenvalue weighted by atomic mass is 10.3. The molecule has 2 rings (SSSR count). The molecule has 0 amide bonds. The molecule has 1 heterocycles. The second kappa shape index (κ2) is 6.22. The van der Waals surface area contributed by atoms with Crippen molar-refractivity contribution in [2.75, 3.05) is 17.9 Å². The van der Waals surface area contributed by atoms with Gasteiger partial charge in [0.05, 0.1) is 5.69 Å². The first kappa shape index (κ1) is 14.1. The predicted molar refractivity (Wildman–Crippen MR) is 70.2 cm³/mol. The van der Waals surface area contributed by atoms with Crippen LogP contribution in [0.3, 0.4) is 0 Å². The smallest absolute Gasteiger partial charge is 0.158 e. The van der Waals surface area contributed by atoms with Gasteiger partial charge < -0.3 is 15.5 Å². The number of nitrogen functional groups attached to an aromatic ring is 1. The number of hydrogen-bond donors (Lipinski definition) is 3. The number of nitrogens with two attached hydrogens (primary N) is 1. The summed E-state index contributed by atoms with van der Waals surface area (Å²) in [5.41, 5.74) is 2.47. The zero-order chi connectivity index (χ0) is 14.5. The van der Waals surface area contributed by atoms with E-state index in [1.54, 1.807) is 0 Å². The molecule has 4 N–H and O–H groups in total. The molecule has 0 radical (unpaired) electrons. The number of nitrogens with zero attached hydrogens (tertiary/aromatic N) is 2. The summed E-state index contributed by atoms with van der Waals surface area (Å²) in [4.78, 5) is 8.18. The van der Waals surface area contributed by atoms with Crippen molar-refractivity contribution in [1.82, 2.24) is 9.97 Å². The lowest BCUT2D eigenvalue weighted by molar-refractivity contribution is 0.178. The minimum Gasteiger partial charge on any atom is -0.377 e. The number of benzene rings is 1. The highest BCUT2D eigenvalue weighted by Crippen LogP contribution is 2.21. The van der Waals surface area contributed by atoms with E-state index in [1.807, 2.05) is 0 Å². The van der Waals surface area contributed by atoms with E-state index in [-0.39, 0.29) is 12.3 Å². The normalized spacial score (nSPS) is 10.4. The topological polar surface area (TPSA) is 85.1 Å². The van der Waals surface area contributed by atoms with E-state index in [1.165, 1.54) is 19.2 Å². The van der Waals surface area contributed by atoms with Crippen LogP contribution in [-0.2, 0) is 11.3 Å². The van der Waals surface area contributed by atoms with Gasteiger partial charge >= 0.3 is 0 Å². The van der Waals surface area contributed by atoms with E-state index >= 15 is 0 Å². The molecule has 20 heavy (non-hydrogen) atoms. The molecular formula is C12H13F2N5O. The molecule has 2 aromatic rings. The molecule has 0 unspecified atom stereocenters. The summed E-state index contributed by atoms with van der Waals surface area (Å²) < 4.78 is 31.3. The SMILES string of the molecule is COCc1nc(NN)cc(Nc2ccc(F)cc2F)n1. The van der Waals surface area contributed by atoms with Gasteiger partial charge in [-0.25, -0.2) is 24.6 Å². The molecule has 0 bridgehead atoms. The molecule has 106 valence electrons. The second-order valence-corrected chi connectivity index (χ2v) is 3.88. The maximum atomic E-state index is 13.6. The van der Waals surface area contributed by atoms with Crippen LogP contribution < -0.4 is 16.6 Å². The number of halogens is 2. The third-order valence-electron chi connectivity index (χ3n) is 2.39. The number of aromatic nitrogens is 2. The van der Waals surface area contributed by atoms with Crippen LogP contribution in [0.4, 0.5) is 26.1 Å². The highest BCUT2D eigenvalue weighted by molar-refractivity contribution is 5.59. The van der Waals surface area contributed by atoms with Crippen LogP contribution in [0.15, 0.2) is 24.3 Å². The molecule has 6 nitrogen and oxygen atoms in total. The molecule has 8 heteroatoms. The highest BCUT2D eigenvalue weighted by atomic mass is 19.1. The summed E-state index contributed by atoms with van der Waals surface area (Å²) in [6.45, 7) is 0.177. The minimum absolute atomic E-state index is 0.0939. The van der Waals surface area contributed by atoms with Gasteiger partial charge in [-0.1, -0.05) is 0 Å². The van der Waals surface area contributed by atoms with Crippen LogP contribution in [0.5, 0.6) is 0 Å². The van der Waals surface area contributed by atoms with Gasteiger partial charge in [0.2, 0.25) is 0 Å². The fraction of sp³-hybridized carbons (Fsp3) is 0.167. The zero-order valence-corrected chi connectivity index (χ0v) is 10.7. The van der Waals surface area contributed by atoms with Gasteiger partial charge in [0.15, 0.2) is 5.82 Å². The van der Waals surface area contributed by atoms with E-state index < -0.39 is 11.6 Å². The summed E-state index contributed by atoms with van der Waals surface area (Å²) in [5, 5.41) is 2.73. The lowest BCUT2D eigenvalue weighted by Crippen LogP contribution is -2.12. The Kier molecular flexibility index (Phi) is 4.38. The van der Waals surface area contributed by atoms with Gasteiger partial charge in [0.1, 0.15) is 29.9 Å². The van der Waals surface area contributed by atoms with Crippen LogP contribution in [0, 0.1) is 11.6 Å². The molecule has 1 aromatic heterocycles. The molecule has 0 atom stereocenters. The van der Waals surface area contributed by atoms with Crippen molar-refractivity contribution in [2.24, 2.45) is 5.84 Å². The van der Waals surface area contributed by atoms with E-state index in [9.17, 15) is 8.78 Å². The average molecular weight is 281 g/mol. The van der Waals surface area contributed by atoms with Gasteiger partial charge in [0, 0.05) is 19.2 Å². The molecule has 1 aromatic carbocycles. The summed E-state index contributed by atoms with van der Waals surface area (Å²) in [7, 11) is 1.50. The van der Waals surface area contributed by atoms with Crippen LogP contribution in [-0.4, -0.2) is 17.1 Å². The predicted octanol–water partition coefficient (Wildman–Crippen LogP) is 1.93. The average Bonchev–Trinajstić information content (AvgIpc) is 2.42. The number of hydrogen-bond acceptors (Lipinski definition) is 6. The first-order valence-electron chi connectivity index (χ1n) is 5.68. The van der Waals surface area contributed by atoms with E-state index in [0.717, 1.165) is 12.1 Å². The van der Waals surface area contributed by atoms with Crippen molar-refractivity contribution >= 4 is 17.3 Å². The number of nitrogens with one attached hydrogen (secondary N) is 2. The van der Waals surface area contributed by atoms with Gasteiger partial charge in [0.25, 0.3) is 0 Å². The van der Waals surface area contributed by atoms with Crippen LogP contribution in [0.1, 0.15) is 5.82 Å². The van der Waals surface area contributed by atoms with Crippen LogP contribution in [0.2, 0.25) is 0 Å². The highest BCUT2D eigenvalue weighted by Gasteiger charge is 2.08. The number of ether oxygens (including phenoxy) is 1. The van der Waals surface area contributed by atoms with Crippen molar-refractivity contribution < 1.29 is 13.5 Å². The molecule has 0 spiro atoms. The Hall–Kier alpha value is -2.32. The first-order chi connectivity index (χ1) is 9.62. The molecular weight excluding hydrogens is 268 g/mol. The zero-order valence-electron chi connectivity index (χ0n) is 10.7. The third-order valence-corrected chi connectivity index (χ3v) is 2.39. The van der Waals surface area contributed by atoms with Crippen LogP contribution in [0.25, 0.3) is 0 Å². The Bertz CT molecular complexity index is 608. The summed E-state index contributed by atoms with van der Waals surface area (Å²) in [5.74, 6) is 4.94. The molecule has 0 aliphatic heterocycles. The summed E-state index contributed by atoms with van der Waals surface area (Å²) in [6.07, 6.45) is 0. The Balaban J connectivity index is 2.29. The largest absolute Gasteiger partial charge is 0.377 e. The van der Waals surface area contributed by atoms with Crippen molar-refractivity contribution in [3.05, 3.63) is 41.7 Å². The molecule has 0 saturated carbocycles. The number of hydrazine groups is 1. The summed E-state index contributed by atoms with van der Waals surface area (Å²) in [6, 6.07) is 4.69. The van der Waals surface area contributed by atoms with Crippen molar-refractivity contribution in [3.8, 4) is 0 Å². The van der Waals surface area contributed by atoms with Crippen molar-refractivity contribution in [1.29, 1.82) is 0 Å². The number of rotatable bonds is 5. The Labute approximate surface area is 114 Å². The van der Waals surface area contributed by atoms with Gasteiger partial charge in [-0.3, -0.25) is 0 Å². The Morgan fingerprint density at radius 3 is 2.60 bits per heavy atom. The Morgan fingerprint density at radius 1 is 1.20 bits per heavy atom. The Morgan fingerprint density at radius 2 is 1.95 bits per heavy atom. The third kappa shape index (κ3) is 3.37. The fourth-order valence-corrected chi connectivity index (χ4v) is 1.56. The lowest BCUT2D eigenvalue weighted by Gasteiger charge is -2.10. The molecule has 0 aliphatic carbocycles. The number of methoxy groups -OCH3 is 1. The van der Waals surface area contributed by atoms with E-state index in [4.69, 9.17) is 10.6 Å².